The molecule has 5 heteroatoms. The third kappa shape index (κ3) is 1.35. The molecule has 2 aromatic rings. The highest BCUT2D eigenvalue weighted by atomic mass is 16.3. The highest BCUT2D eigenvalue weighted by Gasteiger charge is 2.15. The smallest absolute Gasteiger partial charge is 0.235 e. The Labute approximate surface area is 79.4 Å². The number of hydrogen-bond acceptors (Lipinski definition) is 4. The third-order valence-corrected chi connectivity index (χ3v) is 1.77. The monoisotopic (exact) mass is 189 g/mol. The molecule has 14 heavy (non-hydrogen) atoms. The van der Waals surface area contributed by atoms with Gasteiger partial charge in [-0.3, -0.25) is 9.89 Å². The number of carbonyl (C=O) groups is 1. The number of hydrogen-bond donors (Lipinski definition) is 2. The molecule has 0 amide bonds. The van der Waals surface area contributed by atoms with Gasteiger partial charge < -0.3 is 5.11 Å². The van der Waals surface area contributed by atoms with Crippen molar-refractivity contribution < 1.29 is 9.90 Å². The molecule has 0 atom stereocenters. The van der Waals surface area contributed by atoms with Crippen LogP contribution in [-0.4, -0.2) is 26.1 Å². The summed E-state index contributed by atoms with van der Waals surface area (Å²) >= 11 is 0. The molecule has 1 heterocycles. The van der Waals surface area contributed by atoms with Crippen molar-refractivity contribution in [2.75, 3.05) is 0 Å². The van der Waals surface area contributed by atoms with Crippen LogP contribution in [-0.2, 0) is 0 Å². The summed E-state index contributed by atoms with van der Waals surface area (Å²) in [6.07, 6.45) is 1.31. The van der Waals surface area contributed by atoms with Crippen LogP contribution in [0.4, 0.5) is 0 Å². The number of aromatic hydroxyl groups is 1. The Morgan fingerprint density at radius 1 is 1.36 bits per heavy atom. The Hall–Kier alpha value is -2.17. The van der Waals surface area contributed by atoms with Crippen molar-refractivity contribution in [3.05, 3.63) is 42.0 Å². The van der Waals surface area contributed by atoms with Crippen LogP contribution in [0.3, 0.4) is 0 Å². The van der Waals surface area contributed by atoms with Gasteiger partial charge in [-0.2, -0.15) is 5.10 Å². The second-order valence-electron chi connectivity index (χ2n) is 2.67. The van der Waals surface area contributed by atoms with E-state index in [1.807, 2.05) is 0 Å². The lowest BCUT2D eigenvalue weighted by Gasteiger charge is -1.98. The molecule has 5 nitrogen and oxygen atoms in total. The van der Waals surface area contributed by atoms with Crippen molar-refractivity contribution >= 4 is 5.78 Å². The maximum atomic E-state index is 11.6. The Bertz CT molecular complexity index is 451. The summed E-state index contributed by atoms with van der Waals surface area (Å²) in [4.78, 5) is 15.3. The van der Waals surface area contributed by atoms with Crippen LogP contribution < -0.4 is 0 Å². The molecule has 0 bridgehead atoms. The zero-order valence-corrected chi connectivity index (χ0v) is 7.14. The molecular weight excluding hydrogens is 182 g/mol. The number of rotatable bonds is 2. The van der Waals surface area contributed by atoms with Gasteiger partial charge in [0, 0.05) is 0 Å². The Morgan fingerprint density at radius 3 is 2.79 bits per heavy atom. The largest absolute Gasteiger partial charge is 0.507 e. The Morgan fingerprint density at radius 2 is 2.14 bits per heavy atom. The molecule has 0 unspecified atom stereocenters. The lowest BCUT2D eigenvalue weighted by Crippen LogP contribution is -2.03. The van der Waals surface area contributed by atoms with Gasteiger partial charge in [-0.25, -0.2) is 4.98 Å². The molecule has 0 radical (unpaired) electrons. The van der Waals surface area contributed by atoms with Crippen LogP contribution in [0, 0.1) is 0 Å². The number of benzene rings is 1. The van der Waals surface area contributed by atoms with Crippen LogP contribution in [0.2, 0.25) is 0 Å². The molecule has 0 aliphatic rings. The SMILES string of the molecule is O=C(c1nc[nH]n1)c1ccccc1O. The van der Waals surface area contributed by atoms with Gasteiger partial charge >= 0.3 is 0 Å². The predicted molar refractivity (Wildman–Crippen MR) is 47.9 cm³/mol. The summed E-state index contributed by atoms with van der Waals surface area (Å²) in [5, 5.41) is 15.5. The first-order valence-corrected chi connectivity index (χ1v) is 3.97. The van der Waals surface area contributed by atoms with Gasteiger partial charge in [0.05, 0.1) is 5.56 Å². The predicted octanol–water partition coefficient (Wildman–Crippen LogP) is 0.741. The van der Waals surface area contributed by atoms with Gasteiger partial charge in [0.1, 0.15) is 12.1 Å². The highest BCUT2D eigenvalue weighted by Crippen LogP contribution is 2.17. The van der Waals surface area contributed by atoms with E-state index in [4.69, 9.17) is 0 Å². The molecule has 1 aromatic carbocycles. The fraction of sp³-hybridized carbons (Fsp3) is 0. The van der Waals surface area contributed by atoms with Gasteiger partial charge in [0.2, 0.25) is 11.6 Å². The number of phenols is 1. The zero-order chi connectivity index (χ0) is 9.97. The van der Waals surface area contributed by atoms with Crippen LogP contribution in [0.15, 0.2) is 30.6 Å². The van der Waals surface area contributed by atoms with Crippen molar-refractivity contribution in [2.45, 2.75) is 0 Å². The number of carbonyl (C=O) groups excluding carboxylic acids is 1. The number of nitrogens with zero attached hydrogens (tertiary/aromatic N) is 2. The molecule has 0 saturated heterocycles. The second kappa shape index (κ2) is 3.29. The van der Waals surface area contributed by atoms with Crippen LogP contribution >= 0.6 is 0 Å². The van der Waals surface area contributed by atoms with E-state index in [9.17, 15) is 9.90 Å². The van der Waals surface area contributed by atoms with Crippen molar-refractivity contribution in [2.24, 2.45) is 0 Å². The number of para-hydroxylation sites is 1. The normalized spacial score (nSPS) is 10.0. The first-order valence-electron chi connectivity index (χ1n) is 3.97. The van der Waals surface area contributed by atoms with Gasteiger partial charge in [-0.15, -0.1) is 0 Å². The molecule has 0 saturated carbocycles. The molecule has 0 aliphatic heterocycles. The molecular formula is C9H7N3O2. The van der Waals surface area contributed by atoms with E-state index in [0.717, 1.165) is 0 Å². The topological polar surface area (TPSA) is 78.9 Å². The third-order valence-electron chi connectivity index (χ3n) is 1.77. The number of ketones is 1. The molecule has 0 fully saturated rings. The summed E-state index contributed by atoms with van der Waals surface area (Å²) in [7, 11) is 0. The molecule has 1 aromatic heterocycles. The lowest BCUT2D eigenvalue weighted by molar-refractivity contribution is 0.102. The van der Waals surface area contributed by atoms with Crippen molar-refractivity contribution in [1.82, 2.24) is 15.2 Å². The average molecular weight is 189 g/mol. The minimum Gasteiger partial charge on any atom is -0.507 e. The number of aromatic amines is 1. The zero-order valence-electron chi connectivity index (χ0n) is 7.14. The van der Waals surface area contributed by atoms with Crippen molar-refractivity contribution in [3.63, 3.8) is 0 Å². The average Bonchev–Trinajstić information content (AvgIpc) is 2.70. The quantitative estimate of drug-likeness (QED) is 0.683. The van der Waals surface area contributed by atoms with Crippen LogP contribution in [0.5, 0.6) is 5.75 Å². The van der Waals surface area contributed by atoms with Crippen LogP contribution in [0.1, 0.15) is 16.2 Å². The number of aromatic nitrogens is 3. The summed E-state index contributed by atoms with van der Waals surface area (Å²) < 4.78 is 0. The summed E-state index contributed by atoms with van der Waals surface area (Å²) in [5.74, 6) is -0.418. The minimum atomic E-state index is -0.399. The van der Waals surface area contributed by atoms with E-state index in [0.29, 0.717) is 0 Å². The molecule has 70 valence electrons. The summed E-state index contributed by atoms with van der Waals surface area (Å²) in [6, 6.07) is 6.28. The number of nitrogens with one attached hydrogen (secondary N) is 1. The highest BCUT2D eigenvalue weighted by molar-refractivity contribution is 6.08. The maximum absolute atomic E-state index is 11.6. The van der Waals surface area contributed by atoms with Crippen LogP contribution in [0.25, 0.3) is 0 Å². The van der Waals surface area contributed by atoms with E-state index in [2.05, 4.69) is 15.2 Å². The van der Waals surface area contributed by atoms with Crippen molar-refractivity contribution in [3.8, 4) is 5.75 Å². The lowest BCUT2D eigenvalue weighted by atomic mass is 10.1. The van der Waals surface area contributed by atoms with Gasteiger partial charge in [0.25, 0.3) is 0 Å². The molecule has 0 spiro atoms. The van der Waals surface area contributed by atoms with Crippen molar-refractivity contribution in [1.29, 1.82) is 0 Å². The molecule has 0 aliphatic carbocycles. The fourth-order valence-corrected chi connectivity index (χ4v) is 1.10. The number of phenolic OH excluding ortho intramolecular Hbond substituents is 1. The second-order valence-corrected chi connectivity index (χ2v) is 2.67. The molecule has 2 rings (SSSR count). The first kappa shape index (κ1) is 8.43. The minimum absolute atomic E-state index is 0.0477. The van der Waals surface area contributed by atoms with E-state index in [1.54, 1.807) is 12.1 Å². The van der Waals surface area contributed by atoms with Gasteiger partial charge in [-0.1, -0.05) is 12.1 Å². The van der Waals surface area contributed by atoms with E-state index < -0.39 is 5.78 Å². The Balaban J connectivity index is 2.42. The van der Waals surface area contributed by atoms with E-state index in [1.165, 1.54) is 18.5 Å². The molecule has 2 N–H and O–H groups in total. The summed E-state index contributed by atoms with van der Waals surface area (Å²) in [6.45, 7) is 0. The summed E-state index contributed by atoms with van der Waals surface area (Å²) in [5.41, 5.74) is 0.201. The van der Waals surface area contributed by atoms with Gasteiger partial charge in [0.15, 0.2) is 0 Å². The Kier molecular flexibility index (Phi) is 1.98. The fourth-order valence-electron chi connectivity index (χ4n) is 1.10. The maximum Gasteiger partial charge on any atom is 0.235 e. The van der Waals surface area contributed by atoms with Gasteiger partial charge in [-0.05, 0) is 12.1 Å². The standard InChI is InChI=1S/C9H7N3O2/c13-7-4-2-1-3-6(7)8(14)9-10-5-11-12-9/h1-5,13H,(H,10,11,12). The number of H-pyrrole nitrogens is 1. The first-order chi connectivity index (χ1) is 6.79. The van der Waals surface area contributed by atoms with E-state index >= 15 is 0 Å². The van der Waals surface area contributed by atoms with E-state index in [-0.39, 0.29) is 17.1 Å².